The molecule has 370 valence electrons. The third-order valence-electron chi connectivity index (χ3n) is 15.0. The van der Waals surface area contributed by atoms with E-state index in [-0.39, 0.29) is 47.5 Å². The highest BCUT2D eigenvalue weighted by molar-refractivity contribution is 7.21. The van der Waals surface area contributed by atoms with Gasteiger partial charge in [-0.1, -0.05) is 109 Å². The Morgan fingerprint density at radius 3 is 1.03 bits per heavy atom. The quantitative estimate of drug-likeness (QED) is 0.0914. The Morgan fingerprint density at radius 1 is 0.372 bits per heavy atom. The van der Waals surface area contributed by atoms with Gasteiger partial charge in [0.2, 0.25) is 0 Å². The van der Waals surface area contributed by atoms with Crippen LogP contribution in [0.2, 0.25) is 0 Å². The van der Waals surface area contributed by atoms with E-state index in [1.165, 1.54) is 31.8 Å². The smallest absolute Gasteiger partial charge is 0.419 e. The van der Waals surface area contributed by atoms with Crippen molar-refractivity contribution in [1.82, 2.24) is 9.13 Å². The number of hydrogen-bond donors (Lipinski definition) is 0. The second kappa shape index (κ2) is 17.3. The van der Waals surface area contributed by atoms with E-state index < -0.39 is 12.2 Å². The van der Waals surface area contributed by atoms with Gasteiger partial charge in [0, 0.05) is 42.8 Å². The Hall–Kier alpha value is -9.88. The average Bonchev–Trinajstić information content (AvgIpc) is 4.47. The molecule has 2 aliphatic carbocycles. The molecule has 0 spiro atoms. The molecule has 0 fully saturated rings. The van der Waals surface area contributed by atoms with E-state index in [0.717, 1.165) is 54.2 Å². The average molecular weight is 1050 g/mol. The van der Waals surface area contributed by atoms with Crippen LogP contribution in [-0.4, -0.2) is 44.5 Å². The molecule has 0 saturated carbocycles. The summed E-state index contributed by atoms with van der Waals surface area (Å²) in [6.45, 7) is -0.0273. The van der Waals surface area contributed by atoms with Crippen molar-refractivity contribution in [3.05, 3.63) is 236 Å². The van der Waals surface area contributed by atoms with Gasteiger partial charge in [0.05, 0.1) is 42.6 Å². The monoisotopic (exact) mass is 1050 g/mol. The van der Waals surface area contributed by atoms with E-state index >= 15 is 0 Å². The lowest BCUT2D eigenvalue weighted by molar-refractivity contribution is 0.0975. The molecule has 0 atom stereocenters. The molecule has 4 heterocycles. The van der Waals surface area contributed by atoms with Gasteiger partial charge in [0.15, 0.2) is 23.1 Å². The predicted octanol–water partition coefficient (Wildman–Crippen LogP) is 15.9. The first-order valence-electron chi connectivity index (χ1n) is 25.1. The van der Waals surface area contributed by atoms with Gasteiger partial charge in [-0.05, 0) is 139 Å². The number of carbonyl (C=O) groups is 6. The summed E-state index contributed by atoms with van der Waals surface area (Å²) in [4.78, 5) is 87.0. The Kier molecular flexibility index (Phi) is 10.1. The molecular weight excluding hydrogens is 1010 g/mol. The summed E-state index contributed by atoms with van der Waals surface area (Å²) in [5.74, 6) is -1.52. The van der Waals surface area contributed by atoms with Gasteiger partial charge in [0.1, 0.15) is 13.2 Å². The number of carbonyl (C=O) groups excluding carboxylic acids is 6. The lowest BCUT2D eigenvalue weighted by Gasteiger charge is -2.09. The molecule has 15 rings (SSSR count). The van der Waals surface area contributed by atoms with Gasteiger partial charge in [-0.2, -0.15) is 0 Å². The van der Waals surface area contributed by atoms with Crippen LogP contribution >= 0.6 is 22.7 Å². The number of hydrogen-bond acceptors (Lipinski definition) is 10. The van der Waals surface area contributed by atoms with Crippen molar-refractivity contribution in [3.8, 4) is 0 Å². The predicted molar refractivity (Wildman–Crippen MR) is 308 cm³/mol. The summed E-state index contributed by atoms with van der Waals surface area (Å²) in [6, 6.07) is 57.1. The van der Waals surface area contributed by atoms with E-state index in [1.54, 1.807) is 48.6 Å². The summed E-state index contributed by atoms with van der Waals surface area (Å²) in [6.07, 6.45) is 1.86. The highest BCUT2D eigenvalue weighted by Crippen LogP contribution is 2.45. The van der Waals surface area contributed by atoms with Crippen LogP contribution in [0.15, 0.2) is 193 Å². The van der Waals surface area contributed by atoms with Crippen molar-refractivity contribution in [2.45, 2.75) is 13.2 Å². The van der Waals surface area contributed by atoms with Crippen molar-refractivity contribution in [3.63, 3.8) is 0 Å². The Balaban J connectivity index is 0.872. The summed E-state index contributed by atoms with van der Waals surface area (Å²) >= 11 is 2.61. The molecule has 0 radical (unpaired) electrons. The Morgan fingerprint density at radius 2 is 0.692 bits per heavy atom. The van der Waals surface area contributed by atoms with Gasteiger partial charge >= 0.3 is 12.2 Å². The van der Waals surface area contributed by atoms with Gasteiger partial charge < -0.3 is 9.47 Å². The minimum absolute atomic E-state index is 0.0137. The molecule has 13 aromatic rings. The fourth-order valence-corrected chi connectivity index (χ4v) is 13.5. The summed E-state index contributed by atoms with van der Waals surface area (Å²) in [5.41, 5.74) is 4.89. The van der Waals surface area contributed by atoms with Crippen molar-refractivity contribution in [1.29, 1.82) is 0 Å². The molecule has 0 aliphatic heterocycles. The van der Waals surface area contributed by atoms with Gasteiger partial charge in [-0.25, -0.2) is 18.7 Å². The molecule has 0 amide bonds. The first kappa shape index (κ1) is 45.5. The van der Waals surface area contributed by atoms with Crippen molar-refractivity contribution in [2.24, 2.45) is 0 Å². The normalized spacial score (nSPS) is 13.4. The number of benzene rings is 9. The van der Waals surface area contributed by atoms with Crippen LogP contribution in [0.4, 0.5) is 9.59 Å². The third kappa shape index (κ3) is 7.14. The van der Waals surface area contributed by atoms with Crippen LogP contribution < -0.4 is 0 Å². The standard InChI is InChI=1S/C66H36N2O8S2/c69-59-47-23-41-19-37-15-7-8-16-38(37)20-42(41)24-48(47)60(70)53(59)27-45-29-57-63(77-45)51-32-56-52(31-55(51)67(57)65(73)75-33-35-11-3-1-4-12-35)64-58(68(56)66(74)76-34-36-13-5-2-6-14-36)30-46(78-64)28-54-61(71)49-25-43-21-39-17-9-10-18-40(39)22-44(43)26-50(49)62(54)72/h1-32H,33-34H2. The van der Waals surface area contributed by atoms with Crippen LogP contribution in [0.5, 0.6) is 0 Å². The second-order valence-corrected chi connectivity index (χ2v) is 21.9. The van der Waals surface area contributed by atoms with E-state index in [4.69, 9.17) is 9.47 Å². The van der Waals surface area contributed by atoms with Gasteiger partial charge in [0.25, 0.3) is 0 Å². The van der Waals surface area contributed by atoms with Crippen LogP contribution in [0.25, 0.3) is 97.5 Å². The largest absolute Gasteiger partial charge is 0.444 e. The number of aromatic nitrogens is 2. The first-order chi connectivity index (χ1) is 38.1. The molecule has 0 N–H and O–H groups in total. The number of thiophene rings is 2. The first-order valence-corrected chi connectivity index (χ1v) is 26.8. The molecule has 0 bridgehead atoms. The molecule has 0 unspecified atom stereocenters. The van der Waals surface area contributed by atoms with Crippen LogP contribution in [0, 0.1) is 0 Å². The minimum Gasteiger partial charge on any atom is -0.444 e. The SMILES string of the molecule is O=C1C(=Cc2cc3c(s2)c2cc4c(cc2n3C(=O)OCc2ccccc2)c2sc(C=C3C(=O)c5cc6cc7ccccc7cc6cc5C3=O)cc2n4C(=O)OCc2ccccc2)C(=O)c2cc3cc4ccccc4cc3cc21. The number of ether oxygens (including phenoxy) is 2. The maximum Gasteiger partial charge on any atom is 0.419 e. The summed E-state index contributed by atoms with van der Waals surface area (Å²) in [5, 5.41) is 8.74. The lowest BCUT2D eigenvalue weighted by atomic mass is 9.99. The van der Waals surface area contributed by atoms with Gasteiger partial charge in [-0.3, -0.25) is 19.2 Å². The van der Waals surface area contributed by atoms with E-state index in [0.29, 0.717) is 74.2 Å². The summed E-state index contributed by atoms with van der Waals surface area (Å²) < 4.78 is 16.3. The molecular formula is C66H36N2O8S2. The van der Waals surface area contributed by atoms with Crippen molar-refractivity contribution >= 4 is 155 Å². The number of fused-ring (bicyclic) bond motifs is 12. The molecule has 4 aromatic heterocycles. The fourth-order valence-electron chi connectivity index (χ4n) is 11.3. The number of Topliss-reactive ketones (excluding diaryl/α,β-unsaturated/α-hetero) is 4. The number of nitrogens with zero attached hydrogens (tertiary/aromatic N) is 2. The maximum atomic E-state index is 14.6. The Labute approximate surface area is 449 Å². The molecule has 0 saturated heterocycles. The number of allylic oxidation sites excluding steroid dienone is 2. The highest BCUT2D eigenvalue weighted by atomic mass is 32.1. The zero-order chi connectivity index (χ0) is 52.5. The topological polar surface area (TPSA) is 131 Å². The lowest BCUT2D eigenvalue weighted by Crippen LogP contribution is -2.14. The maximum absolute atomic E-state index is 14.6. The fraction of sp³-hybridized carbons (Fsp3) is 0.0303. The minimum atomic E-state index is -0.664. The zero-order valence-corrected chi connectivity index (χ0v) is 42.5. The Bertz CT molecular complexity index is 4510. The van der Waals surface area contributed by atoms with Crippen LogP contribution in [0.1, 0.15) is 62.3 Å². The molecule has 12 heteroatoms. The van der Waals surface area contributed by atoms with Gasteiger partial charge in [-0.15, -0.1) is 22.7 Å². The van der Waals surface area contributed by atoms with Crippen LogP contribution in [-0.2, 0) is 22.7 Å². The number of rotatable bonds is 6. The van der Waals surface area contributed by atoms with E-state index in [1.807, 2.05) is 146 Å². The highest BCUT2D eigenvalue weighted by Gasteiger charge is 2.36. The van der Waals surface area contributed by atoms with Crippen LogP contribution in [0.3, 0.4) is 0 Å². The molecule has 9 aromatic carbocycles. The number of ketones is 4. The summed E-state index contributed by atoms with van der Waals surface area (Å²) in [7, 11) is 0. The van der Waals surface area contributed by atoms with E-state index in [9.17, 15) is 28.8 Å². The van der Waals surface area contributed by atoms with Crippen molar-refractivity contribution in [2.75, 3.05) is 0 Å². The zero-order valence-electron chi connectivity index (χ0n) is 40.9. The molecule has 2 aliphatic rings. The van der Waals surface area contributed by atoms with E-state index in [2.05, 4.69) is 0 Å². The molecule has 10 nitrogen and oxygen atoms in total. The molecule has 78 heavy (non-hydrogen) atoms. The third-order valence-corrected chi connectivity index (χ3v) is 17.2. The second-order valence-electron chi connectivity index (χ2n) is 19.7. The van der Waals surface area contributed by atoms with Crippen molar-refractivity contribution < 1.29 is 38.2 Å².